The van der Waals surface area contributed by atoms with Crippen molar-refractivity contribution in [3.05, 3.63) is 101 Å². The normalized spacial score (nSPS) is 10.3. The highest BCUT2D eigenvalue weighted by Crippen LogP contribution is 2.14. The number of halogens is 1. The molecular weight excluding hydrogens is 317 g/mol. The molecule has 0 atom stereocenters. The fourth-order valence-corrected chi connectivity index (χ4v) is 2.33. The Bertz CT molecular complexity index is 815. The number of benzene rings is 3. The average molecular weight is 335 g/mol. The Morgan fingerprint density at radius 2 is 1.52 bits per heavy atom. The quantitative estimate of drug-likeness (QED) is 0.728. The summed E-state index contributed by atoms with van der Waals surface area (Å²) in [7, 11) is 0. The fourth-order valence-electron chi connectivity index (χ4n) is 2.33. The number of hydrogen-bond donors (Lipinski definition) is 1. The van der Waals surface area contributed by atoms with Gasteiger partial charge >= 0.3 is 0 Å². The van der Waals surface area contributed by atoms with Crippen LogP contribution in [0.15, 0.2) is 78.9 Å². The van der Waals surface area contributed by atoms with Gasteiger partial charge in [-0.05, 0) is 47.5 Å². The molecule has 0 fully saturated rings. The van der Waals surface area contributed by atoms with Crippen molar-refractivity contribution in [3.63, 3.8) is 0 Å². The Labute approximate surface area is 146 Å². The van der Waals surface area contributed by atoms with Crippen LogP contribution in [-0.4, -0.2) is 5.91 Å². The van der Waals surface area contributed by atoms with Crippen molar-refractivity contribution >= 4 is 5.91 Å². The van der Waals surface area contributed by atoms with E-state index in [9.17, 15) is 9.18 Å². The number of ether oxygens (including phenoxy) is 1. The molecule has 0 saturated carbocycles. The lowest BCUT2D eigenvalue weighted by atomic mass is 10.2. The van der Waals surface area contributed by atoms with Crippen LogP contribution in [0.3, 0.4) is 0 Å². The van der Waals surface area contributed by atoms with Crippen LogP contribution in [0.2, 0.25) is 0 Å². The van der Waals surface area contributed by atoms with Crippen LogP contribution in [0.1, 0.15) is 21.5 Å². The summed E-state index contributed by atoms with van der Waals surface area (Å²) in [6.07, 6.45) is 0. The first-order chi connectivity index (χ1) is 12.2. The Hall–Kier alpha value is -3.14. The van der Waals surface area contributed by atoms with E-state index >= 15 is 0 Å². The van der Waals surface area contributed by atoms with E-state index in [1.54, 1.807) is 0 Å². The molecule has 0 aliphatic carbocycles. The third-order valence-electron chi connectivity index (χ3n) is 3.73. The number of carbonyl (C=O) groups is 1. The summed E-state index contributed by atoms with van der Waals surface area (Å²) in [6.45, 7) is 0.913. The molecule has 0 bridgehead atoms. The molecule has 3 aromatic carbocycles. The number of nitrogens with one attached hydrogen (secondary N) is 1. The van der Waals surface area contributed by atoms with Crippen molar-refractivity contribution in [2.24, 2.45) is 0 Å². The topological polar surface area (TPSA) is 38.3 Å². The third-order valence-corrected chi connectivity index (χ3v) is 3.73. The van der Waals surface area contributed by atoms with Crippen LogP contribution in [0.25, 0.3) is 0 Å². The molecule has 3 nitrogen and oxygen atoms in total. The van der Waals surface area contributed by atoms with Gasteiger partial charge in [0.05, 0.1) is 0 Å². The van der Waals surface area contributed by atoms with Crippen molar-refractivity contribution in [1.82, 2.24) is 5.32 Å². The summed E-state index contributed by atoms with van der Waals surface area (Å²) in [5.74, 6) is 0.185. The predicted octanol–water partition coefficient (Wildman–Crippen LogP) is 4.33. The van der Waals surface area contributed by atoms with Gasteiger partial charge in [-0.3, -0.25) is 4.79 Å². The maximum Gasteiger partial charge on any atom is 0.251 e. The van der Waals surface area contributed by atoms with E-state index in [1.807, 2.05) is 54.6 Å². The summed E-state index contributed by atoms with van der Waals surface area (Å²) in [6, 6.07) is 23.0. The molecule has 1 N–H and O–H groups in total. The number of carbonyl (C=O) groups excluding carboxylic acids is 1. The van der Waals surface area contributed by atoms with E-state index in [0.717, 1.165) is 16.9 Å². The SMILES string of the molecule is O=C(NCc1ccc(OCc2ccccc2)cc1)c1ccc(F)cc1. The van der Waals surface area contributed by atoms with E-state index in [4.69, 9.17) is 4.74 Å². The fraction of sp³-hybridized carbons (Fsp3) is 0.0952. The van der Waals surface area contributed by atoms with Gasteiger partial charge in [-0.25, -0.2) is 4.39 Å². The molecule has 0 spiro atoms. The van der Waals surface area contributed by atoms with E-state index in [-0.39, 0.29) is 11.7 Å². The van der Waals surface area contributed by atoms with Gasteiger partial charge in [0, 0.05) is 12.1 Å². The molecule has 3 rings (SSSR count). The third kappa shape index (κ3) is 4.91. The minimum atomic E-state index is -0.359. The highest BCUT2D eigenvalue weighted by Gasteiger charge is 2.05. The highest BCUT2D eigenvalue weighted by atomic mass is 19.1. The van der Waals surface area contributed by atoms with Crippen molar-refractivity contribution in [2.75, 3.05) is 0 Å². The van der Waals surface area contributed by atoms with Gasteiger partial charge in [-0.2, -0.15) is 0 Å². The van der Waals surface area contributed by atoms with Crippen molar-refractivity contribution in [3.8, 4) is 5.75 Å². The zero-order valence-electron chi connectivity index (χ0n) is 13.6. The summed E-state index contributed by atoms with van der Waals surface area (Å²) in [5.41, 5.74) is 2.50. The lowest BCUT2D eigenvalue weighted by molar-refractivity contribution is 0.0951. The molecule has 0 unspecified atom stereocenters. The first-order valence-electron chi connectivity index (χ1n) is 8.00. The molecule has 0 aromatic heterocycles. The zero-order chi connectivity index (χ0) is 17.5. The monoisotopic (exact) mass is 335 g/mol. The summed E-state index contributed by atoms with van der Waals surface area (Å²) < 4.78 is 18.6. The number of hydrogen-bond acceptors (Lipinski definition) is 2. The van der Waals surface area contributed by atoms with Crippen molar-refractivity contribution < 1.29 is 13.9 Å². The second-order valence-corrected chi connectivity index (χ2v) is 5.61. The Morgan fingerprint density at radius 3 is 2.20 bits per heavy atom. The van der Waals surface area contributed by atoms with Crippen LogP contribution < -0.4 is 10.1 Å². The Balaban J connectivity index is 1.50. The van der Waals surface area contributed by atoms with Gasteiger partial charge in [-0.15, -0.1) is 0 Å². The minimum Gasteiger partial charge on any atom is -0.489 e. The van der Waals surface area contributed by atoms with Gasteiger partial charge in [0.15, 0.2) is 0 Å². The summed E-state index contributed by atoms with van der Waals surface area (Å²) in [5, 5.41) is 2.81. The summed E-state index contributed by atoms with van der Waals surface area (Å²) in [4.78, 5) is 12.0. The van der Waals surface area contributed by atoms with Gasteiger partial charge in [0.2, 0.25) is 0 Å². The zero-order valence-corrected chi connectivity index (χ0v) is 13.6. The molecule has 0 saturated heterocycles. The first kappa shape index (κ1) is 16.7. The van der Waals surface area contributed by atoms with Crippen LogP contribution >= 0.6 is 0 Å². The van der Waals surface area contributed by atoms with Gasteiger partial charge in [0.1, 0.15) is 18.2 Å². The van der Waals surface area contributed by atoms with Crippen molar-refractivity contribution in [1.29, 1.82) is 0 Å². The molecule has 0 aliphatic rings. The molecule has 126 valence electrons. The standard InChI is InChI=1S/C21H18FNO2/c22-19-10-8-18(9-11-19)21(24)23-14-16-6-12-20(13-7-16)25-15-17-4-2-1-3-5-17/h1-13H,14-15H2,(H,23,24). The molecule has 4 heteroatoms. The predicted molar refractivity (Wildman–Crippen MR) is 94.8 cm³/mol. The summed E-state index contributed by atoms with van der Waals surface area (Å²) >= 11 is 0. The number of amides is 1. The molecule has 0 aliphatic heterocycles. The smallest absolute Gasteiger partial charge is 0.251 e. The average Bonchev–Trinajstić information content (AvgIpc) is 2.67. The second-order valence-electron chi connectivity index (χ2n) is 5.61. The maximum absolute atomic E-state index is 12.9. The van der Waals surface area contributed by atoms with Crippen LogP contribution in [0, 0.1) is 5.82 Å². The molecule has 0 heterocycles. The van der Waals surface area contributed by atoms with Gasteiger partial charge in [0.25, 0.3) is 5.91 Å². The maximum atomic E-state index is 12.9. The van der Waals surface area contributed by atoms with E-state index < -0.39 is 0 Å². The molecule has 0 radical (unpaired) electrons. The van der Waals surface area contributed by atoms with E-state index in [2.05, 4.69) is 5.32 Å². The Morgan fingerprint density at radius 1 is 0.840 bits per heavy atom. The van der Waals surface area contributed by atoms with E-state index in [0.29, 0.717) is 18.7 Å². The first-order valence-corrected chi connectivity index (χ1v) is 8.00. The van der Waals surface area contributed by atoms with Gasteiger partial charge < -0.3 is 10.1 Å². The largest absolute Gasteiger partial charge is 0.489 e. The van der Waals surface area contributed by atoms with Crippen LogP contribution in [0.4, 0.5) is 4.39 Å². The Kier molecular flexibility index (Phi) is 5.42. The van der Waals surface area contributed by atoms with Gasteiger partial charge in [-0.1, -0.05) is 42.5 Å². The van der Waals surface area contributed by atoms with E-state index in [1.165, 1.54) is 24.3 Å². The van der Waals surface area contributed by atoms with Crippen molar-refractivity contribution in [2.45, 2.75) is 13.2 Å². The number of rotatable bonds is 6. The molecule has 25 heavy (non-hydrogen) atoms. The minimum absolute atomic E-state index is 0.232. The molecule has 1 amide bonds. The lowest BCUT2D eigenvalue weighted by Crippen LogP contribution is -2.22. The molecular formula is C21H18FNO2. The molecule has 3 aromatic rings. The van der Waals surface area contributed by atoms with Crippen LogP contribution in [-0.2, 0) is 13.2 Å². The van der Waals surface area contributed by atoms with Crippen LogP contribution in [0.5, 0.6) is 5.75 Å². The second kappa shape index (κ2) is 8.11. The highest BCUT2D eigenvalue weighted by molar-refractivity contribution is 5.94. The lowest BCUT2D eigenvalue weighted by Gasteiger charge is -2.08.